The van der Waals surface area contributed by atoms with Crippen molar-refractivity contribution in [1.82, 2.24) is 4.57 Å². The van der Waals surface area contributed by atoms with Gasteiger partial charge in [-0.05, 0) is 18.6 Å². The molecule has 1 rings (SSSR count). The Morgan fingerprint density at radius 2 is 2.06 bits per heavy atom. The van der Waals surface area contributed by atoms with Crippen LogP contribution in [-0.4, -0.2) is 16.3 Å². The van der Waals surface area contributed by atoms with Gasteiger partial charge in [-0.25, -0.2) is 0 Å². The highest BCUT2D eigenvalue weighted by atomic mass is 16.3. The third-order valence-electron chi connectivity index (χ3n) is 2.60. The minimum atomic E-state index is -0.270. The zero-order valence-corrected chi connectivity index (χ0v) is 10.5. The number of hydrogen-bond acceptors (Lipinski definition) is 3. The average molecular weight is 234 g/mol. The fraction of sp³-hybridized carbons (Fsp3) is 0.538. The molecular formula is C13H18N2O2. The molecule has 0 radical (unpaired) electrons. The molecule has 0 fully saturated rings. The normalized spacial score (nSPS) is 11.2. The maximum atomic E-state index is 12.0. The minimum Gasteiger partial charge on any atom is -0.396 e. The minimum absolute atomic E-state index is 0.0345. The third-order valence-corrected chi connectivity index (χ3v) is 2.60. The zero-order valence-electron chi connectivity index (χ0n) is 10.5. The van der Waals surface area contributed by atoms with Crippen LogP contribution in [0.4, 0.5) is 0 Å². The first-order valence-corrected chi connectivity index (χ1v) is 5.67. The van der Waals surface area contributed by atoms with E-state index in [0.717, 1.165) is 5.69 Å². The lowest BCUT2D eigenvalue weighted by atomic mass is 9.90. The van der Waals surface area contributed by atoms with Gasteiger partial charge in [-0.3, -0.25) is 4.79 Å². The van der Waals surface area contributed by atoms with Crippen LogP contribution >= 0.6 is 0 Å². The summed E-state index contributed by atoms with van der Waals surface area (Å²) in [5.41, 5.74) is 0.599. The van der Waals surface area contributed by atoms with Crippen molar-refractivity contribution >= 4 is 0 Å². The van der Waals surface area contributed by atoms with E-state index in [1.54, 1.807) is 10.6 Å². The average Bonchev–Trinajstić information content (AvgIpc) is 2.25. The molecule has 1 heterocycles. The van der Waals surface area contributed by atoms with Gasteiger partial charge in [0.15, 0.2) is 0 Å². The molecule has 1 N–H and O–H groups in total. The summed E-state index contributed by atoms with van der Waals surface area (Å²) in [7, 11) is 0. The number of pyridine rings is 1. The Bertz CT molecular complexity index is 490. The van der Waals surface area contributed by atoms with Crippen molar-refractivity contribution in [3.05, 3.63) is 33.7 Å². The zero-order chi connectivity index (χ0) is 13.1. The summed E-state index contributed by atoms with van der Waals surface area (Å²) in [6.07, 6.45) is 0.512. The molecule has 0 aliphatic carbocycles. The molecule has 1 aromatic rings. The maximum Gasteiger partial charge on any atom is 0.268 e. The molecule has 0 aromatic carbocycles. The van der Waals surface area contributed by atoms with Crippen LogP contribution < -0.4 is 5.56 Å². The number of nitrogens with zero attached hydrogens (tertiary/aromatic N) is 2. The van der Waals surface area contributed by atoms with Crippen LogP contribution in [0.5, 0.6) is 0 Å². The quantitative estimate of drug-likeness (QED) is 0.859. The van der Waals surface area contributed by atoms with Crippen molar-refractivity contribution in [2.75, 3.05) is 6.61 Å². The molecule has 0 unspecified atom stereocenters. The number of nitriles is 1. The number of aliphatic hydroxyl groups excluding tert-OH is 1. The summed E-state index contributed by atoms with van der Waals surface area (Å²) in [5.74, 6) is 0. The van der Waals surface area contributed by atoms with Crippen LogP contribution in [0.1, 0.15) is 38.4 Å². The Hall–Kier alpha value is -1.60. The molecular weight excluding hydrogens is 216 g/mol. The van der Waals surface area contributed by atoms with E-state index in [9.17, 15) is 4.79 Å². The highest BCUT2D eigenvalue weighted by Gasteiger charge is 2.19. The van der Waals surface area contributed by atoms with Gasteiger partial charge in [-0.2, -0.15) is 5.26 Å². The van der Waals surface area contributed by atoms with Crippen molar-refractivity contribution in [3.63, 3.8) is 0 Å². The molecule has 0 saturated carbocycles. The van der Waals surface area contributed by atoms with E-state index in [4.69, 9.17) is 10.4 Å². The summed E-state index contributed by atoms with van der Waals surface area (Å²) in [4.78, 5) is 12.0. The molecule has 92 valence electrons. The topological polar surface area (TPSA) is 66.0 Å². The van der Waals surface area contributed by atoms with Gasteiger partial charge < -0.3 is 9.67 Å². The van der Waals surface area contributed by atoms with Gasteiger partial charge in [0, 0.05) is 24.3 Å². The second-order valence-corrected chi connectivity index (χ2v) is 5.03. The van der Waals surface area contributed by atoms with Crippen molar-refractivity contribution < 1.29 is 5.11 Å². The fourth-order valence-electron chi connectivity index (χ4n) is 1.77. The summed E-state index contributed by atoms with van der Waals surface area (Å²) in [5, 5.41) is 17.7. The van der Waals surface area contributed by atoms with Gasteiger partial charge in [0.1, 0.15) is 11.6 Å². The molecule has 0 amide bonds. The first kappa shape index (κ1) is 13.5. The van der Waals surface area contributed by atoms with E-state index in [1.165, 1.54) is 0 Å². The number of aromatic nitrogens is 1. The van der Waals surface area contributed by atoms with Gasteiger partial charge in [0.2, 0.25) is 0 Å². The van der Waals surface area contributed by atoms with Crippen LogP contribution in [0.2, 0.25) is 0 Å². The van der Waals surface area contributed by atoms with Gasteiger partial charge in [-0.15, -0.1) is 0 Å². The number of aliphatic hydroxyl groups is 1. The lowest BCUT2D eigenvalue weighted by Gasteiger charge is -2.24. The molecule has 0 aliphatic rings. The van der Waals surface area contributed by atoms with E-state index >= 15 is 0 Å². The van der Waals surface area contributed by atoms with Gasteiger partial charge in [0.25, 0.3) is 5.56 Å². The van der Waals surface area contributed by atoms with E-state index in [1.807, 2.05) is 32.9 Å². The van der Waals surface area contributed by atoms with Crippen LogP contribution in [0.25, 0.3) is 0 Å². The van der Waals surface area contributed by atoms with Crippen molar-refractivity contribution in [3.8, 4) is 6.07 Å². The summed E-state index contributed by atoms with van der Waals surface area (Å²) < 4.78 is 1.59. The molecule has 4 heteroatoms. The monoisotopic (exact) mass is 234 g/mol. The Kier molecular flexibility index (Phi) is 4.08. The van der Waals surface area contributed by atoms with Gasteiger partial charge in [-0.1, -0.05) is 20.8 Å². The van der Waals surface area contributed by atoms with Gasteiger partial charge >= 0.3 is 0 Å². The first-order chi connectivity index (χ1) is 7.91. The third kappa shape index (κ3) is 2.95. The van der Waals surface area contributed by atoms with Crippen LogP contribution in [0.15, 0.2) is 16.9 Å². The largest absolute Gasteiger partial charge is 0.396 e. The Labute approximate surface area is 101 Å². The molecule has 0 spiro atoms. The SMILES string of the molecule is CC(C)(C)c1ccc(C#N)c(=O)n1CCCO. The fourth-order valence-corrected chi connectivity index (χ4v) is 1.77. The van der Waals surface area contributed by atoms with Crippen molar-refractivity contribution in [1.29, 1.82) is 5.26 Å². The predicted molar refractivity (Wildman–Crippen MR) is 65.8 cm³/mol. The molecule has 0 saturated heterocycles. The Morgan fingerprint density at radius 1 is 1.41 bits per heavy atom. The molecule has 4 nitrogen and oxygen atoms in total. The second-order valence-electron chi connectivity index (χ2n) is 5.03. The summed E-state index contributed by atoms with van der Waals surface area (Å²) >= 11 is 0. The summed E-state index contributed by atoms with van der Waals surface area (Å²) in [6, 6.07) is 5.28. The molecule has 0 aliphatic heterocycles. The smallest absolute Gasteiger partial charge is 0.268 e. The van der Waals surface area contributed by atoms with E-state index in [-0.39, 0.29) is 23.1 Å². The number of hydrogen-bond donors (Lipinski definition) is 1. The summed E-state index contributed by atoms with van der Waals surface area (Å²) in [6.45, 7) is 6.53. The van der Waals surface area contributed by atoms with Crippen molar-refractivity contribution in [2.24, 2.45) is 0 Å². The van der Waals surface area contributed by atoms with Crippen LogP contribution in [0.3, 0.4) is 0 Å². The predicted octanol–water partition coefficient (Wildman–Crippen LogP) is 1.40. The van der Waals surface area contributed by atoms with E-state index in [0.29, 0.717) is 13.0 Å². The van der Waals surface area contributed by atoms with Crippen molar-refractivity contribution in [2.45, 2.75) is 39.2 Å². The highest BCUT2D eigenvalue weighted by Crippen LogP contribution is 2.21. The maximum absolute atomic E-state index is 12.0. The molecule has 1 aromatic heterocycles. The molecule has 0 atom stereocenters. The lowest BCUT2D eigenvalue weighted by molar-refractivity contribution is 0.276. The highest BCUT2D eigenvalue weighted by molar-refractivity contribution is 5.29. The lowest BCUT2D eigenvalue weighted by Crippen LogP contribution is -2.31. The standard InChI is InChI=1S/C13H18N2O2/c1-13(2,3)11-6-5-10(9-14)12(17)15(11)7-4-8-16/h5-6,16H,4,7-8H2,1-3H3. The molecule has 17 heavy (non-hydrogen) atoms. The first-order valence-electron chi connectivity index (χ1n) is 5.67. The Balaban J connectivity index is 3.38. The van der Waals surface area contributed by atoms with E-state index < -0.39 is 0 Å². The van der Waals surface area contributed by atoms with Crippen LogP contribution in [0, 0.1) is 11.3 Å². The number of rotatable bonds is 3. The Morgan fingerprint density at radius 3 is 2.53 bits per heavy atom. The van der Waals surface area contributed by atoms with Crippen LogP contribution in [-0.2, 0) is 12.0 Å². The van der Waals surface area contributed by atoms with Gasteiger partial charge in [0.05, 0.1) is 0 Å². The second kappa shape index (κ2) is 5.15. The molecule has 0 bridgehead atoms. The van der Waals surface area contributed by atoms with E-state index in [2.05, 4.69) is 0 Å².